The van der Waals surface area contributed by atoms with Crippen LogP contribution in [0.5, 0.6) is 0 Å². The Balaban J connectivity index is 4.41. The maximum Gasteiger partial charge on any atom is 0.306 e. The van der Waals surface area contributed by atoms with Gasteiger partial charge in [-0.3, -0.25) is 14.2 Å². The van der Waals surface area contributed by atoms with Crippen molar-refractivity contribution in [3.05, 3.63) is 72.9 Å². The van der Waals surface area contributed by atoms with Gasteiger partial charge in [-0.05, 0) is 89.9 Å². The number of phosphoric acid groups is 1. The van der Waals surface area contributed by atoms with Gasteiger partial charge in [-0.1, -0.05) is 151 Å². The number of carbonyl (C=O) groups is 2. The van der Waals surface area contributed by atoms with Crippen molar-refractivity contribution >= 4 is 19.8 Å². The topological polar surface area (TPSA) is 111 Å². The summed E-state index contributed by atoms with van der Waals surface area (Å²) < 4.78 is 33.9. The van der Waals surface area contributed by atoms with Gasteiger partial charge in [-0.2, -0.15) is 0 Å². The van der Waals surface area contributed by atoms with Crippen LogP contribution in [0.25, 0.3) is 0 Å². The summed E-state index contributed by atoms with van der Waals surface area (Å²) in [6, 6.07) is 0. The van der Waals surface area contributed by atoms with Crippen molar-refractivity contribution in [3.8, 4) is 0 Å². The molecule has 1 unspecified atom stereocenters. The Hall–Kier alpha value is -2.55. The quantitative estimate of drug-likeness (QED) is 0.0196. The van der Waals surface area contributed by atoms with Crippen molar-refractivity contribution in [3.63, 3.8) is 0 Å². The number of unbranched alkanes of at least 4 members (excludes halogenated alkanes) is 16. The van der Waals surface area contributed by atoms with Crippen molar-refractivity contribution in [2.45, 2.75) is 187 Å². The van der Waals surface area contributed by atoms with Crippen LogP contribution in [-0.4, -0.2) is 70.0 Å². The van der Waals surface area contributed by atoms with Gasteiger partial charge >= 0.3 is 11.9 Å². The number of ether oxygens (including phenoxy) is 2. The molecule has 0 saturated heterocycles. The van der Waals surface area contributed by atoms with Gasteiger partial charge in [0.1, 0.15) is 19.8 Å². The lowest BCUT2D eigenvalue weighted by Crippen LogP contribution is -2.37. The number of hydrogen-bond acceptors (Lipinski definition) is 8. The van der Waals surface area contributed by atoms with Crippen LogP contribution in [0.2, 0.25) is 0 Å². The molecular weight excluding hydrogens is 774 g/mol. The zero-order valence-corrected chi connectivity index (χ0v) is 39.8. The molecule has 0 amide bonds. The molecule has 0 N–H and O–H groups in total. The van der Waals surface area contributed by atoms with Crippen molar-refractivity contribution in [2.75, 3.05) is 47.5 Å². The lowest BCUT2D eigenvalue weighted by atomic mass is 10.1. The second-order valence-corrected chi connectivity index (χ2v) is 18.2. The van der Waals surface area contributed by atoms with E-state index in [2.05, 4.69) is 86.8 Å². The number of likely N-dealkylation sites (N-methyl/N-ethyl adjacent to an activating group) is 1. The van der Waals surface area contributed by atoms with Gasteiger partial charge in [0.15, 0.2) is 6.10 Å². The Morgan fingerprint density at radius 3 is 1.35 bits per heavy atom. The summed E-state index contributed by atoms with van der Waals surface area (Å²) in [5.74, 6) is -0.884. The van der Waals surface area contributed by atoms with Gasteiger partial charge in [-0.25, -0.2) is 0 Å². The van der Waals surface area contributed by atoms with Crippen LogP contribution in [0.3, 0.4) is 0 Å². The maximum absolute atomic E-state index is 12.7. The van der Waals surface area contributed by atoms with E-state index >= 15 is 0 Å². The second-order valence-electron chi connectivity index (χ2n) is 16.8. The Kier molecular flexibility index (Phi) is 40.0. The van der Waals surface area contributed by atoms with E-state index in [0.717, 1.165) is 70.6 Å². The molecule has 0 heterocycles. The van der Waals surface area contributed by atoms with Crippen LogP contribution >= 0.6 is 7.82 Å². The maximum atomic E-state index is 12.7. The molecule has 2 atom stereocenters. The molecule has 0 aliphatic carbocycles. The fraction of sp³-hybridized carbons (Fsp3) is 0.720. The summed E-state index contributed by atoms with van der Waals surface area (Å²) in [6.07, 6.45) is 52.1. The minimum Gasteiger partial charge on any atom is -0.756 e. The predicted octanol–water partition coefficient (Wildman–Crippen LogP) is 13.2. The second kappa shape index (κ2) is 41.8. The van der Waals surface area contributed by atoms with E-state index in [0.29, 0.717) is 23.9 Å². The van der Waals surface area contributed by atoms with Gasteiger partial charge in [0.25, 0.3) is 7.82 Å². The highest BCUT2D eigenvalue weighted by Gasteiger charge is 2.21. The molecule has 0 fully saturated rings. The fourth-order valence-electron chi connectivity index (χ4n) is 5.96. The van der Waals surface area contributed by atoms with E-state index in [1.54, 1.807) is 0 Å². The van der Waals surface area contributed by atoms with Gasteiger partial charge < -0.3 is 27.9 Å². The van der Waals surface area contributed by atoms with E-state index in [9.17, 15) is 19.0 Å². The summed E-state index contributed by atoms with van der Waals surface area (Å²) in [5, 5.41) is 0. The third-order valence-corrected chi connectivity index (χ3v) is 10.7. The standard InChI is InChI=1S/C50H88NO8P/c1-6-8-10-12-14-16-18-20-22-24-25-27-28-30-32-34-36-38-40-42-49(52)56-46-48(47-58-60(54,55)57-45-44-51(3,4)5)59-50(53)43-41-39-37-35-33-31-29-26-23-21-19-17-15-13-11-9-7-2/h14-17,20-23,25,27,30,32,48H,6-13,18-19,24,26,28-29,31,33-47H2,1-5H3/b16-14-,17-15-,22-20-,23-21-,27-25-,32-30-/t48-/m1/s1. The van der Waals surface area contributed by atoms with Gasteiger partial charge in [0, 0.05) is 12.8 Å². The van der Waals surface area contributed by atoms with E-state index in [4.69, 9.17) is 18.5 Å². The Morgan fingerprint density at radius 2 is 0.900 bits per heavy atom. The number of carbonyl (C=O) groups excluding carboxylic acids is 2. The molecule has 10 heteroatoms. The van der Waals surface area contributed by atoms with Crippen molar-refractivity contribution in [2.24, 2.45) is 0 Å². The van der Waals surface area contributed by atoms with Crippen LogP contribution in [0.1, 0.15) is 181 Å². The SMILES string of the molecule is CCCCC/C=C\C/C=C\C/C=C\C/C=C\CCCCCC(=O)OC[C@H](COP(=O)([O-])OCC[N+](C)(C)C)OC(=O)CCCCCCCCC/C=C\C/C=C\CCCCC. The number of quaternary nitrogens is 1. The van der Waals surface area contributed by atoms with Crippen molar-refractivity contribution in [1.82, 2.24) is 0 Å². The molecule has 0 aromatic rings. The van der Waals surface area contributed by atoms with Crippen molar-refractivity contribution < 1.29 is 42.1 Å². The molecule has 0 aliphatic rings. The summed E-state index contributed by atoms with van der Waals surface area (Å²) in [4.78, 5) is 37.6. The normalized spacial score (nSPS) is 14.2. The number of phosphoric ester groups is 1. The molecule has 0 aromatic carbocycles. The van der Waals surface area contributed by atoms with Gasteiger partial charge in [0.2, 0.25) is 0 Å². The number of nitrogens with zero attached hydrogens (tertiary/aromatic N) is 1. The number of allylic oxidation sites excluding steroid dienone is 12. The molecular formula is C50H88NO8P. The van der Waals surface area contributed by atoms with Crippen LogP contribution < -0.4 is 4.89 Å². The van der Waals surface area contributed by atoms with E-state index in [1.807, 2.05) is 21.1 Å². The highest BCUT2D eigenvalue weighted by Crippen LogP contribution is 2.38. The fourth-order valence-corrected chi connectivity index (χ4v) is 6.69. The molecule has 60 heavy (non-hydrogen) atoms. The highest BCUT2D eigenvalue weighted by atomic mass is 31.2. The first kappa shape index (κ1) is 57.4. The largest absolute Gasteiger partial charge is 0.756 e. The van der Waals surface area contributed by atoms with E-state index < -0.39 is 32.5 Å². The summed E-state index contributed by atoms with van der Waals surface area (Å²) in [6.45, 7) is 4.12. The summed E-state index contributed by atoms with van der Waals surface area (Å²) in [5.41, 5.74) is 0. The third-order valence-electron chi connectivity index (χ3n) is 9.70. The number of hydrogen-bond donors (Lipinski definition) is 0. The lowest BCUT2D eigenvalue weighted by Gasteiger charge is -2.28. The lowest BCUT2D eigenvalue weighted by molar-refractivity contribution is -0.870. The van der Waals surface area contributed by atoms with Gasteiger partial charge in [0.05, 0.1) is 27.7 Å². The molecule has 0 rings (SSSR count). The molecule has 0 bridgehead atoms. The Bertz CT molecular complexity index is 1250. The van der Waals surface area contributed by atoms with E-state index in [1.165, 1.54) is 70.6 Å². The average molecular weight is 862 g/mol. The van der Waals surface area contributed by atoms with Crippen LogP contribution in [0.15, 0.2) is 72.9 Å². The van der Waals surface area contributed by atoms with Crippen LogP contribution in [0, 0.1) is 0 Å². The molecule has 0 saturated carbocycles. The smallest absolute Gasteiger partial charge is 0.306 e. The molecule has 0 spiro atoms. The van der Waals surface area contributed by atoms with E-state index in [-0.39, 0.29) is 26.1 Å². The molecule has 0 radical (unpaired) electrons. The number of esters is 2. The molecule has 0 aliphatic heterocycles. The summed E-state index contributed by atoms with van der Waals surface area (Å²) >= 11 is 0. The number of rotatable bonds is 42. The predicted molar refractivity (Wildman–Crippen MR) is 249 cm³/mol. The Morgan fingerprint density at radius 1 is 0.517 bits per heavy atom. The first-order valence-corrected chi connectivity index (χ1v) is 25.1. The summed E-state index contributed by atoms with van der Waals surface area (Å²) in [7, 11) is 1.13. The van der Waals surface area contributed by atoms with Crippen molar-refractivity contribution in [1.29, 1.82) is 0 Å². The average Bonchev–Trinajstić information content (AvgIpc) is 3.20. The minimum absolute atomic E-state index is 0.0414. The van der Waals surface area contributed by atoms with Crippen LogP contribution in [-0.2, 0) is 32.7 Å². The van der Waals surface area contributed by atoms with Crippen LogP contribution in [0.4, 0.5) is 0 Å². The zero-order chi connectivity index (χ0) is 44.3. The molecule has 9 nitrogen and oxygen atoms in total. The minimum atomic E-state index is -4.64. The highest BCUT2D eigenvalue weighted by molar-refractivity contribution is 7.45. The third kappa shape index (κ3) is 45.0. The first-order chi connectivity index (χ1) is 29.0. The zero-order valence-electron chi connectivity index (χ0n) is 38.9. The van der Waals surface area contributed by atoms with Gasteiger partial charge in [-0.15, -0.1) is 0 Å². The molecule has 0 aromatic heterocycles. The first-order valence-electron chi connectivity index (χ1n) is 23.6. The Labute approximate surface area is 368 Å². The molecule has 346 valence electrons. The monoisotopic (exact) mass is 862 g/mol.